The summed E-state index contributed by atoms with van der Waals surface area (Å²) in [4.78, 5) is 35.8. The highest BCUT2D eigenvalue weighted by molar-refractivity contribution is 7.07. The number of aromatic nitrogens is 2. The van der Waals surface area contributed by atoms with Gasteiger partial charge in [0.15, 0.2) is 4.80 Å². The minimum absolute atomic E-state index is 0.124. The van der Waals surface area contributed by atoms with E-state index >= 15 is 0 Å². The van der Waals surface area contributed by atoms with Gasteiger partial charge in [-0.1, -0.05) is 59.9 Å². The van der Waals surface area contributed by atoms with Crippen LogP contribution in [0.4, 0.5) is 0 Å². The molecule has 0 aliphatic carbocycles. The fraction of sp³-hybridized carbons (Fsp3) is 0.265. The molecule has 1 aliphatic heterocycles. The smallest absolute Gasteiger partial charge is 0.271 e. The van der Waals surface area contributed by atoms with E-state index in [1.54, 1.807) is 16.6 Å². The average molecular weight is 579 g/mol. The zero-order valence-corrected chi connectivity index (χ0v) is 25.4. The first-order valence-electron chi connectivity index (χ1n) is 14.4. The number of rotatable bonds is 7. The highest BCUT2D eigenvalue weighted by Crippen LogP contribution is 2.40. The van der Waals surface area contributed by atoms with E-state index in [0.717, 1.165) is 39.3 Å². The Labute approximate surface area is 248 Å². The molecule has 214 valence electrons. The Bertz CT molecular complexity index is 2060. The molecule has 0 unspecified atom stereocenters. The Morgan fingerprint density at radius 2 is 1.74 bits per heavy atom. The van der Waals surface area contributed by atoms with Crippen molar-refractivity contribution >= 4 is 45.0 Å². The van der Waals surface area contributed by atoms with Crippen LogP contribution >= 0.6 is 11.3 Å². The Balaban J connectivity index is 1.67. The lowest BCUT2D eigenvalue weighted by Crippen LogP contribution is -2.43. The fourth-order valence-corrected chi connectivity index (χ4v) is 7.12. The maximum absolute atomic E-state index is 14.4. The highest BCUT2D eigenvalue weighted by Gasteiger charge is 2.36. The van der Waals surface area contributed by atoms with Crippen LogP contribution in [0, 0.1) is 0 Å². The van der Waals surface area contributed by atoms with Crippen LogP contribution in [0.2, 0.25) is 0 Å². The molecule has 7 nitrogen and oxygen atoms in total. The Kier molecular flexibility index (Phi) is 7.33. The van der Waals surface area contributed by atoms with Crippen molar-refractivity contribution in [3.8, 4) is 5.75 Å². The summed E-state index contributed by atoms with van der Waals surface area (Å²) in [6.07, 6.45) is 4.05. The highest BCUT2D eigenvalue weighted by atomic mass is 32.1. The molecular formula is C34H34N4O3S. The van der Waals surface area contributed by atoms with Crippen LogP contribution in [0.15, 0.2) is 87.9 Å². The lowest BCUT2D eigenvalue weighted by molar-refractivity contribution is -0.127. The monoisotopic (exact) mass is 578 g/mol. The molecule has 8 heteroatoms. The molecular weight excluding hydrogens is 544 g/mol. The normalized spacial score (nSPS) is 15.3. The average Bonchev–Trinajstić information content (AvgIpc) is 3.52. The summed E-state index contributed by atoms with van der Waals surface area (Å²) in [5, 5.41) is 3.03. The summed E-state index contributed by atoms with van der Waals surface area (Å²) in [6.45, 7) is 9.84. The molecule has 1 atom stereocenters. The van der Waals surface area contributed by atoms with Gasteiger partial charge in [-0.3, -0.25) is 14.2 Å². The second-order valence-electron chi connectivity index (χ2n) is 10.3. The van der Waals surface area contributed by atoms with E-state index in [1.807, 2.05) is 75.4 Å². The van der Waals surface area contributed by atoms with Crippen molar-refractivity contribution in [3.63, 3.8) is 0 Å². The standard InChI is InChI=1S/C34H34N4O3S/c1-6-36(7-2)33(40)29-21(4)35-34-38(31(29)30-25-15-10-9-13-22(25)17-18-27(30)41-5)32(39)28(42-34)19-23-20-37(8-3)26-16-12-11-14-24(23)26/h9-20,31H,6-8H2,1-5H3/b28-19+/t31-/m1/s1. The number of aryl methyl sites for hydroxylation is 1. The van der Waals surface area contributed by atoms with Gasteiger partial charge in [0.2, 0.25) is 0 Å². The van der Waals surface area contributed by atoms with E-state index in [-0.39, 0.29) is 11.5 Å². The van der Waals surface area contributed by atoms with E-state index in [4.69, 9.17) is 9.73 Å². The topological polar surface area (TPSA) is 68.8 Å². The van der Waals surface area contributed by atoms with E-state index in [2.05, 4.69) is 29.8 Å². The zero-order valence-electron chi connectivity index (χ0n) is 24.5. The van der Waals surface area contributed by atoms with Gasteiger partial charge in [0.05, 0.1) is 22.9 Å². The van der Waals surface area contributed by atoms with Crippen LogP contribution in [-0.4, -0.2) is 40.1 Å². The lowest BCUT2D eigenvalue weighted by atomic mass is 9.90. The number of likely N-dealkylation sites (N-methyl/N-ethyl adjacent to an activating group) is 1. The second-order valence-corrected chi connectivity index (χ2v) is 11.4. The second kappa shape index (κ2) is 11.1. The first-order chi connectivity index (χ1) is 20.4. The van der Waals surface area contributed by atoms with Crippen molar-refractivity contribution in [2.24, 2.45) is 4.99 Å². The number of hydrogen-bond donors (Lipinski definition) is 0. The Morgan fingerprint density at radius 3 is 2.45 bits per heavy atom. The van der Waals surface area contributed by atoms with E-state index < -0.39 is 6.04 Å². The lowest BCUT2D eigenvalue weighted by Gasteiger charge is -2.30. The van der Waals surface area contributed by atoms with Crippen LogP contribution in [0.25, 0.3) is 27.8 Å². The number of hydrogen-bond acceptors (Lipinski definition) is 5. The van der Waals surface area contributed by atoms with E-state index in [1.165, 1.54) is 11.3 Å². The van der Waals surface area contributed by atoms with Gasteiger partial charge >= 0.3 is 0 Å². The molecule has 2 aromatic heterocycles. The molecule has 5 aromatic rings. The number of carbonyl (C=O) groups is 1. The number of ether oxygens (including phenoxy) is 1. The molecule has 0 spiro atoms. The molecule has 0 saturated carbocycles. The van der Waals surface area contributed by atoms with Gasteiger partial charge < -0.3 is 14.2 Å². The predicted octanol–water partition coefficient (Wildman–Crippen LogP) is 5.24. The molecule has 0 radical (unpaired) electrons. The fourth-order valence-electron chi connectivity index (χ4n) is 6.08. The molecule has 1 amide bonds. The Morgan fingerprint density at radius 1 is 1.02 bits per heavy atom. The maximum atomic E-state index is 14.4. The van der Waals surface area contributed by atoms with Gasteiger partial charge in [-0.25, -0.2) is 4.99 Å². The van der Waals surface area contributed by atoms with Crippen molar-refractivity contribution in [1.29, 1.82) is 0 Å². The number of para-hydroxylation sites is 1. The summed E-state index contributed by atoms with van der Waals surface area (Å²) in [7, 11) is 1.63. The first-order valence-corrected chi connectivity index (χ1v) is 15.2. The number of thiazole rings is 1. The largest absolute Gasteiger partial charge is 0.496 e. The molecule has 0 saturated heterocycles. The third-order valence-corrected chi connectivity index (χ3v) is 9.16. The molecule has 0 N–H and O–H groups in total. The summed E-state index contributed by atoms with van der Waals surface area (Å²) >= 11 is 1.36. The SMILES string of the molecule is CCN(CC)C(=O)C1=C(C)N=c2s/c(=C/c3cn(CC)c4ccccc34)c(=O)n2[C@H]1c1c(OC)ccc2ccccc12. The van der Waals surface area contributed by atoms with Gasteiger partial charge in [0.1, 0.15) is 11.8 Å². The number of allylic oxidation sites excluding steroid dienone is 1. The van der Waals surface area contributed by atoms with Crippen molar-refractivity contribution < 1.29 is 9.53 Å². The number of nitrogens with zero attached hydrogens (tertiary/aromatic N) is 4. The van der Waals surface area contributed by atoms with Gasteiger partial charge in [0.25, 0.3) is 11.5 Å². The van der Waals surface area contributed by atoms with Crippen LogP contribution in [-0.2, 0) is 11.3 Å². The minimum atomic E-state index is -0.700. The molecule has 3 heterocycles. The van der Waals surface area contributed by atoms with Gasteiger partial charge in [-0.2, -0.15) is 0 Å². The molecule has 1 aliphatic rings. The molecule has 42 heavy (non-hydrogen) atoms. The van der Waals surface area contributed by atoms with E-state index in [9.17, 15) is 9.59 Å². The first kappa shape index (κ1) is 27.7. The number of carbonyl (C=O) groups excluding carboxylic acids is 1. The summed E-state index contributed by atoms with van der Waals surface area (Å²) in [5.74, 6) is 0.500. The summed E-state index contributed by atoms with van der Waals surface area (Å²) in [6, 6.07) is 19.5. The third kappa shape index (κ3) is 4.38. The molecule has 3 aromatic carbocycles. The van der Waals surface area contributed by atoms with Crippen LogP contribution in [0.5, 0.6) is 5.75 Å². The number of benzene rings is 3. The van der Waals surface area contributed by atoms with E-state index in [0.29, 0.717) is 39.4 Å². The molecule has 0 bridgehead atoms. The van der Waals surface area contributed by atoms with Gasteiger partial charge in [-0.15, -0.1) is 0 Å². The third-order valence-electron chi connectivity index (χ3n) is 8.17. The number of fused-ring (bicyclic) bond motifs is 3. The summed E-state index contributed by atoms with van der Waals surface area (Å²) in [5.41, 5.74) is 3.82. The quantitative estimate of drug-likeness (QED) is 0.265. The van der Waals surface area contributed by atoms with Crippen molar-refractivity contribution in [1.82, 2.24) is 14.0 Å². The van der Waals surface area contributed by atoms with Crippen molar-refractivity contribution in [2.75, 3.05) is 20.2 Å². The minimum Gasteiger partial charge on any atom is -0.496 e. The zero-order chi connectivity index (χ0) is 29.5. The van der Waals surface area contributed by atoms with Crippen molar-refractivity contribution in [3.05, 3.63) is 109 Å². The number of methoxy groups -OCH3 is 1. The van der Waals surface area contributed by atoms with Crippen molar-refractivity contribution in [2.45, 2.75) is 40.3 Å². The number of amides is 1. The Hall–Kier alpha value is -4.43. The summed E-state index contributed by atoms with van der Waals surface area (Å²) < 4.78 is 10.4. The predicted molar refractivity (Wildman–Crippen MR) is 170 cm³/mol. The van der Waals surface area contributed by atoms with Crippen LogP contribution in [0.3, 0.4) is 0 Å². The molecule has 6 rings (SSSR count). The molecule has 0 fully saturated rings. The maximum Gasteiger partial charge on any atom is 0.271 e. The van der Waals surface area contributed by atoms with Gasteiger partial charge in [-0.05, 0) is 56.7 Å². The van der Waals surface area contributed by atoms with Crippen LogP contribution < -0.4 is 19.6 Å². The van der Waals surface area contributed by atoms with Gasteiger partial charge in [0, 0.05) is 47.9 Å². The van der Waals surface area contributed by atoms with Crippen LogP contribution in [0.1, 0.15) is 44.9 Å².